The second-order valence-corrected chi connectivity index (χ2v) is 9.30. The van der Waals surface area contributed by atoms with Crippen molar-refractivity contribution in [3.05, 3.63) is 88.9 Å². The maximum absolute atomic E-state index is 12.9. The molecule has 0 unspecified atom stereocenters. The fourth-order valence-electron chi connectivity index (χ4n) is 4.30. The molecule has 1 amide bonds. The Hall–Kier alpha value is -4.06. The zero-order valence-electron chi connectivity index (χ0n) is 20.8. The Kier molecular flexibility index (Phi) is 6.76. The third-order valence-electron chi connectivity index (χ3n) is 6.53. The van der Waals surface area contributed by atoms with Gasteiger partial charge >= 0.3 is 0 Å². The first-order valence-electron chi connectivity index (χ1n) is 12.0. The van der Waals surface area contributed by atoms with Crippen LogP contribution in [0.4, 0.5) is 5.69 Å². The first-order chi connectivity index (χ1) is 17.5. The van der Waals surface area contributed by atoms with Crippen LogP contribution in [0.15, 0.2) is 55.4 Å². The van der Waals surface area contributed by atoms with E-state index < -0.39 is 0 Å². The Labute approximate surface area is 211 Å². The van der Waals surface area contributed by atoms with E-state index in [9.17, 15) is 4.79 Å². The first kappa shape index (κ1) is 23.7. The highest BCUT2D eigenvalue weighted by molar-refractivity contribution is 6.04. The van der Waals surface area contributed by atoms with E-state index in [1.807, 2.05) is 23.5 Å². The van der Waals surface area contributed by atoms with Crippen LogP contribution in [-0.2, 0) is 6.54 Å². The van der Waals surface area contributed by atoms with Gasteiger partial charge in [0.15, 0.2) is 0 Å². The predicted molar refractivity (Wildman–Crippen MR) is 140 cm³/mol. The summed E-state index contributed by atoms with van der Waals surface area (Å²) >= 11 is 0. The van der Waals surface area contributed by atoms with E-state index in [0.717, 1.165) is 55.3 Å². The number of imidazole rings is 1. The van der Waals surface area contributed by atoms with Gasteiger partial charge in [-0.1, -0.05) is 12.0 Å². The van der Waals surface area contributed by atoms with E-state index in [0.29, 0.717) is 11.1 Å². The molecule has 1 aliphatic rings. The average Bonchev–Trinajstić information content (AvgIpc) is 3.30. The van der Waals surface area contributed by atoms with Gasteiger partial charge in [-0.15, -0.1) is 0 Å². The second-order valence-electron chi connectivity index (χ2n) is 9.30. The van der Waals surface area contributed by atoms with Gasteiger partial charge in [0.25, 0.3) is 5.91 Å². The minimum absolute atomic E-state index is 0.216. The van der Waals surface area contributed by atoms with E-state index in [2.05, 4.69) is 61.9 Å². The maximum Gasteiger partial charge on any atom is 0.257 e. The molecule has 0 spiro atoms. The molecule has 0 saturated carbocycles. The summed E-state index contributed by atoms with van der Waals surface area (Å²) in [6.45, 7) is 9.34. The fourth-order valence-corrected chi connectivity index (χ4v) is 4.30. The molecule has 4 aromatic rings. The SMILES string of the molecule is Cc1cc(NC(=O)c2cncc(C#Cc3cnc4c(C)cncn34)c2)ccc1CN1CCN(C)CC1. The van der Waals surface area contributed by atoms with Crippen molar-refractivity contribution in [1.29, 1.82) is 0 Å². The molecular formula is C28H29N7O. The van der Waals surface area contributed by atoms with Crippen LogP contribution in [0.25, 0.3) is 5.65 Å². The largest absolute Gasteiger partial charge is 0.322 e. The number of rotatable bonds is 4. The van der Waals surface area contributed by atoms with Crippen molar-refractivity contribution < 1.29 is 4.79 Å². The van der Waals surface area contributed by atoms with Crippen molar-refractivity contribution in [1.82, 2.24) is 29.2 Å². The number of benzene rings is 1. The number of nitrogens with one attached hydrogen (secondary N) is 1. The molecular weight excluding hydrogens is 450 g/mol. The first-order valence-corrected chi connectivity index (χ1v) is 12.0. The molecule has 0 aliphatic carbocycles. The van der Waals surface area contributed by atoms with E-state index >= 15 is 0 Å². The van der Waals surface area contributed by atoms with Crippen LogP contribution >= 0.6 is 0 Å². The zero-order valence-corrected chi connectivity index (χ0v) is 20.8. The van der Waals surface area contributed by atoms with Crippen LogP contribution in [0, 0.1) is 25.7 Å². The number of pyridine rings is 1. The monoisotopic (exact) mass is 479 g/mol. The summed E-state index contributed by atoms with van der Waals surface area (Å²) in [4.78, 5) is 30.6. The van der Waals surface area contributed by atoms with Crippen LogP contribution < -0.4 is 5.32 Å². The minimum atomic E-state index is -0.216. The quantitative estimate of drug-likeness (QED) is 0.453. The van der Waals surface area contributed by atoms with Gasteiger partial charge in [0, 0.05) is 68.1 Å². The molecule has 0 atom stereocenters. The van der Waals surface area contributed by atoms with Crippen LogP contribution in [0.1, 0.15) is 38.3 Å². The number of hydrogen-bond acceptors (Lipinski definition) is 6. The van der Waals surface area contributed by atoms with Gasteiger partial charge in [-0.25, -0.2) is 9.97 Å². The number of carbonyl (C=O) groups excluding carboxylic acids is 1. The maximum atomic E-state index is 12.9. The number of anilines is 1. The fraction of sp³-hybridized carbons (Fsp3) is 0.286. The number of fused-ring (bicyclic) bond motifs is 1. The van der Waals surface area contributed by atoms with E-state index in [4.69, 9.17) is 0 Å². The van der Waals surface area contributed by atoms with Crippen molar-refractivity contribution in [2.45, 2.75) is 20.4 Å². The molecule has 1 fully saturated rings. The Bertz CT molecular complexity index is 1470. The molecule has 3 aromatic heterocycles. The number of carbonyl (C=O) groups is 1. The smallest absolute Gasteiger partial charge is 0.257 e. The topological polar surface area (TPSA) is 78.7 Å². The van der Waals surface area contributed by atoms with Crippen molar-refractivity contribution in [2.24, 2.45) is 0 Å². The van der Waals surface area contributed by atoms with Crippen molar-refractivity contribution in [3.63, 3.8) is 0 Å². The van der Waals surface area contributed by atoms with Crippen molar-refractivity contribution >= 4 is 17.2 Å². The van der Waals surface area contributed by atoms with Crippen LogP contribution in [0.5, 0.6) is 0 Å². The highest BCUT2D eigenvalue weighted by Crippen LogP contribution is 2.19. The Morgan fingerprint density at radius 1 is 0.972 bits per heavy atom. The zero-order chi connectivity index (χ0) is 25.1. The molecule has 5 rings (SSSR count). The predicted octanol–water partition coefficient (Wildman–Crippen LogP) is 3.14. The van der Waals surface area contributed by atoms with Gasteiger partial charge in [0.05, 0.1) is 11.8 Å². The Morgan fingerprint density at radius 2 is 1.81 bits per heavy atom. The Morgan fingerprint density at radius 3 is 2.61 bits per heavy atom. The standard InChI is InChI=1S/C28H29N7O/c1-20-12-25(6-5-23(20)18-34-10-8-33(3)9-11-34)32-28(36)24-13-22(15-29-16-24)4-7-26-17-31-27-21(2)14-30-19-35(26)27/h5-6,12-17,19H,8-11,18H2,1-3H3,(H,32,36). The lowest BCUT2D eigenvalue weighted by atomic mass is 10.1. The lowest BCUT2D eigenvalue weighted by Crippen LogP contribution is -2.43. The third kappa shape index (κ3) is 5.28. The van der Waals surface area contributed by atoms with Crippen molar-refractivity contribution in [2.75, 3.05) is 38.5 Å². The summed E-state index contributed by atoms with van der Waals surface area (Å²) in [6.07, 6.45) is 8.38. The Balaban J connectivity index is 1.26. The minimum Gasteiger partial charge on any atom is -0.322 e. The highest BCUT2D eigenvalue weighted by atomic mass is 16.1. The molecule has 0 radical (unpaired) electrons. The van der Waals surface area contributed by atoms with Gasteiger partial charge in [0.1, 0.15) is 17.7 Å². The summed E-state index contributed by atoms with van der Waals surface area (Å²) in [7, 11) is 2.16. The summed E-state index contributed by atoms with van der Waals surface area (Å²) < 4.78 is 1.85. The molecule has 1 aromatic carbocycles. The number of amides is 1. The molecule has 36 heavy (non-hydrogen) atoms. The molecule has 1 N–H and O–H groups in total. The van der Waals surface area contributed by atoms with Gasteiger partial charge in [-0.05, 0) is 56.1 Å². The summed E-state index contributed by atoms with van der Waals surface area (Å²) in [6, 6.07) is 7.85. The van der Waals surface area contributed by atoms with Gasteiger partial charge in [-0.2, -0.15) is 0 Å². The van der Waals surface area contributed by atoms with Gasteiger partial charge < -0.3 is 10.2 Å². The second kappa shape index (κ2) is 10.3. The number of aryl methyl sites for hydroxylation is 2. The van der Waals surface area contributed by atoms with Gasteiger partial charge in [-0.3, -0.25) is 19.1 Å². The average molecular weight is 480 g/mol. The molecule has 1 aliphatic heterocycles. The lowest BCUT2D eigenvalue weighted by Gasteiger charge is -2.32. The number of hydrogen-bond donors (Lipinski definition) is 1. The molecule has 0 bridgehead atoms. The lowest BCUT2D eigenvalue weighted by molar-refractivity contribution is 0.102. The third-order valence-corrected chi connectivity index (χ3v) is 6.53. The molecule has 4 heterocycles. The summed E-state index contributed by atoms with van der Waals surface area (Å²) in [5.41, 5.74) is 6.86. The summed E-state index contributed by atoms with van der Waals surface area (Å²) in [5, 5.41) is 2.99. The van der Waals surface area contributed by atoms with Crippen molar-refractivity contribution in [3.8, 4) is 11.8 Å². The highest BCUT2D eigenvalue weighted by Gasteiger charge is 2.15. The number of piperazine rings is 1. The van der Waals surface area contributed by atoms with E-state index in [-0.39, 0.29) is 5.91 Å². The van der Waals surface area contributed by atoms with Crippen LogP contribution in [0.2, 0.25) is 0 Å². The molecule has 1 saturated heterocycles. The van der Waals surface area contributed by atoms with Crippen LogP contribution in [0.3, 0.4) is 0 Å². The van der Waals surface area contributed by atoms with E-state index in [1.54, 1.807) is 37.2 Å². The normalized spacial score (nSPS) is 14.4. The molecule has 182 valence electrons. The van der Waals surface area contributed by atoms with Crippen LogP contribution in [-0.4, -0.2) is 68.3 Å². The van der Waals surface area contributed by atoms with E-state index in [1.165, 1.54) is 11.1 Å². The number of nitrogens with zero attached hydrogens (tertiary/aromatic N) is 6. The molecule has 8 nitrogen and oxygen atoms in total. The summed E-state index contributed by atoms with van der Waals surface area (Å²) in [5.74, 6) is 5.98. The number of likely N-dealkylation sites (N-methyl/N-ethyl adjacent to an activating group) is 1. The number of aromatic nitrogens is 4. The van der Waals surface area contributed by atoms with Gasteiger partial charge in [0.2, 0.25) is 0 Å². The molecule has 8 heteroatoms.